The first-order valence-electron chi connectivity index (χ1n) is 1.34. The summed E-state index contributed by atoms with van der Waals surface area (Å²) in [4.78, 5) is 0. The zero-order chi connectivity index (χ0) is 3.54. The van der Waals surface area contributed by atoms with E-state index in [0.29, 0.717) is 0 Å². The summed E-state index contributed by atoms with van der Waals surface area (Å²) >= 11 is -0.00667. The molecular weight excluding hydrogens is 178 g/mol. The minimum absolute atomic E-state index is 0.00667. The first-order valence-corrected chi connectivity index (χ1v) is 3.73. The van der Waals surface area contributed by atoms with Crippen LogP contribution in [0, 0.1) is 0 Å². The monoisotopic (exact) mass is 183 g/mol. The molecule has 0 bridgehead atoms. The molecule has 26 valence electrons. The molecule has 0 aromatic carbocycles. The Hall–Kier alpha value is 0.200. The van der Waals surface area contributed by atoms with E-state index in [1.807, 2.05) is 12.3 Å². The molecule has 0 unspecified atom stereocenters. The van der Waals surface area contributed by atoms with Gasteiger partial charge in [0.05, 0.1) is 0 Å². The summed E-state index contributed by atoms with van der Waals surface area (Å²) in [6.07, 6.45) is 1.86. The number of aromatic nitrogens is 1. The zero-order valence-corrected chi connectivity index (χ0v) is 4.92. The summed E-state index contributed by atoms with van der Waals surface area (Å²) in [5.74, 6) is 0. The number of hydrogen-bond acceptors (Lipinski definition) is 1. The molecule has 0 aliphatic carbocycles. The molecule has 0 N–H and O–H groups in total. The molecule has 0 radical (unpaired) electrons. The SMILES string of the molecule is c1cn[te]c1. The topological polar surface area (TPSA) is 12.9 Å². The van der Waals surface area contributed by atoms with Crippen LogP contribution in [0.25, 0.3) is 0 Å². The Morgan fingerprint density at radius 3 is 2.80 bits per heavy atom. The van der Waals surface area contributed by atoms with Crippen LogP contribution in [0.3, 0.4) is 0 Å². The van der Waals surface area contributed by atoms with Crippen molar-refractivity contribution in [3.8, 4) is 0 Å². The maximum absolute atomic E-state index is 3.98. The first kappa shape index (κ1) is 3.39. The van der Waals surface area contributed by atoms with Crippen molar-refractivity contribution in [1.29, 1.82) is 0 Å². The van der Waals surface area contributed by atoms with E-state index >= 15 is 0 Å². The van der Waals surface area contributed by atoms with Gasteiger partial charge in [-0.3, -0.25) is 0 Å². The Morgan fingerprint density at radius 1 is 1.60 bits per heavy atom. The quantitative estimate of drug-likeness (QED) is 0.518. The average Bonchev–Trinajstić information content (AvgIpc) is 1.76. The molecular formula is C3H3NTe. The minimum atomic E-state index is -0.00667. The van der Waals surface area contributed by atoms with Gasteiger partial charge in [0.1, 0.15) is 0 Å². The fourth-order valence-electron chi connectivity index (χ4n) is 0.176. The van der Waals surface area contributed by atoms with E-state index < -0.39 is 0 Å². The average molecular weight is 181 g/mol. The van der Waals surface area contributed by atoms with Crippen LogP contribution >= 0.6 is 0 Å². The molecule has 1 aromatic heterocycles. The Labute approximate surface area is 40.6 Å². The fourth-order valence-corrected chi connectivity index (χ4v) is 1.18. The maximum atomic E-state index is 3.98. The molecule has 0 aliphatic heterocycles. The molecule has 0 fully saturated rings. The van der Waals surface area contributed by atoms with Crippen LogP contribution in [-0.4, -0.2) is 23.9 Å². The third kappa shape index (κ3) is 0.752. The predicted octanol–water partition coefficient (Wildman–Crippen LogP) is 0.139. The summed E-state index contributed by atoms with van der Waals surface area (Å²) in [5.41, 5.74) is 0. The second-order valence-corrected chi connectivity index (χ2v) is 2.67. The van der Waals surface area contributed by atoms with Gasteiger partial charge in [-0.2, -0.15) is 0 Å². The number of hydrogen-bond donors (Lipinski definition) is 0. The van der Waals surface area contributed by atoms with E-state index in [1.165, 1.54) is 0 Å². The van der Waals surface area contributed by atoms with E-state index in [1.54, 1.807) is 0 Å². The molecule has 0 atom stereocenters. The van der Waals surface area contributed by atoms with Crippen LogP contribution in [0.4, 0.5) is 0 Å². The molecule has 1 heterocycles. The van der Waals surface area contributed by atoms with Gasteiger partial charge in [0, 0.05) is 0 Å². The number of nitrogens with zero attached hydrogens (tertiary/aromatic N) is 1. The summed E-state index contributed by atoms with van der Waals surface area (Å²) in [6.45, 7) is 0. The summed E-state index contributed by atoms with van der Waals surface area (Å²) in [6, 6.07) is 2.00. The van der Waals surface area contributed by atoms with Crippen LogP contribution in [-0.2, 0) is 0 Å². The standard InChI is InChI=1S/C3H3NTe/c1-2-4-5-3-1/h1-3H. The fraction of sp³-hybridized carbons (Fsp3) is 0. The normalized spacial score (nSPS) is 8.00. The number of rotatable bonds is 0. The van der Waals surface area contributed by atoms with Gasteiger partial charge in [0.15, 0.2) is 0 Å². The van der Waals surface area contributed by atoms with Gasteiger partial charge in [0.25, 0.3) is 0 Å². The molecule has 0 spiro atoms. The van der Waals surface area contributed by atoms with Crippen molar-refractivity contribution in [1.82, 2.24) is 3.21 Å². The van der Waals surface area contributed by atoms with Crippen molar-refractivity contribution in [2.75, 3.05) is 0 Å². The van der Waals surface area contributed by atoms with E-state index in [9.17, 15) is 0 Å². The third-order valence-corrected chi connectivity index (χ3v) is 1.84. The summed E-state index contributed by atoms with van der Waals surface area (Å²) in [7, 11) is 0. The van der Waals surface area contributed by atoms with Crippen LogP contribution in [0.5, 0.6) is 0 Å². The molecule has 1 aromatic rings. The van der Waals surface area contributed by atoms with Crippen molar-refractivity contribution >= 4 is 20.7 Å². The van der Waals surface area contributed by atoms with Gasteiger partial charge in [-0.05, 0) is 0 Å². The van der Waals surface area contributed by atoms with Gasteiger partial charge in [-0.25, -0.2) is 0 Å². The van der Waals surface area contributed by atoms with E-state index in [2.05, 4.69) is 7.29 Å². The van der Waals surface area contributed by atoms with Gasteiger partial charge >= 0.3 is 40.3 Å². The zero-order valence-electron chi connectivity index (χ0n) is 2.59. The second-order valence-electron chi connectivity index (χ2n) is 0.688. The van der Waals surface area contributed by atoms with Crippen molar-refractivity contribution < 1.29 is 0 Å². The Bertz CT molecular complexity index is 63.4. The molecule has 0 aliphatic rings. The van der Waals surface area contributed by atoms with Crippen molar-refractivity contribution in [2.24, 2.45) is 0 Å². The molecule has 5 heavy (non-hydrogen) atoms. The van der Waals surface area contributed by atoms with Gasteiger partial charge < -0.3 is 0 Å². The van der Waals surface area contributed by atoms with Crippen LogP contribution in [0.2, 0.25) is 0 Å². The molecule has 1 rings (SSSR count). The molecule has 0 amide bonds. The Morgan fingerprint density at radius 2 is 2.60 bits per heavy atom. The Kier molecular flexibility index (Phi) is 1.08. The Balaban J connectivity index is 3.13. The molecule has 1 nitrogen and oxygen atoms in total. The summed E-state index contributed by atoms with van der Waals surface area (Å²) in [5, 5.41) is 0. The van der Waals surface area contributed by atoms with Crippen molar-refractivity contribution in [3.05, 3.63) is 16.3 Å². The molecule has 2 heteroatoms. The van der Waals surface area contributed by atoms with E-state index in [0.717, 1.165) is 0 Å². The molecule has 0 saturated carbocycles. The van der Waals surface area contributed by atoms with Crippen LogP contribution in [0.15, 0.2) is 16.3 Å². The van der Waals surface area contributed by atoms with E-state index in [4.69, 9.17) is 0 Å². The van der Waals surface area contributed by atoms with Crippen LogP contribution in [0.1, 0.15) is 0 Å². The predicted molar refractivity (Wildman–Crippen MR) is 21.2 cm³/mol. The van der Waals surface area contributed by atoms with Gasteiger partial charge in [-0.15, -0.1) is 0 Å². The second kappa shape index (κ2) is 1.59. The van der Waals surface area contributed by atoms with Gasteiger partial charge in [0.2, 0.25) is 0 Å². The van der Waals surface area contributed by atoms with Crippen LogP contribution < -0.4 is 0 Å². The first-order chi connectivity index (χ1) is 2.50. The van der Waals surface area contributed by atoms with E-state index in [-0.39, 0.29) is 20.7 Å². The summed E-state index contributed by atoms with van der Waals surface area (Å²) < 4.78 is 6.12. The van der Waals surface area contributed by atoms with Crippen molar-refractivity contribution in [2.45, 2.75) is 0 Å². The molecule has 0 saturated heterocycles. The third-order valence-electron chi connectivity index (χ3n) is 0.347. The van der Waals surface area contributed by atoms with Crippen molar-refractivity contribution in [3.63, 3.8) is 0 Å². The van der Waals surface area contributed by atoms with Gasteiger partial charge in [-0.1, -0.05) is 0 Å².